The van der Waals surface area contributed by atoms with Crippen LogP contribution in [0.1, 0.15) is 26.7 Å². The first-order valence-electron chi connectivity index (χ1n) is 5.72. The standard InChI is InChI=1S/C11H20N2O2/c1-8-5-13(6-9(2)15-8)10(14)11(7-12)3-4-11/h8-9H,3-7,12H2,1-2H3/t8-,9+. The van der Waals surface area contributed by atoms with Crippen LogP contribution in [0.4, 0.5) is 0 Å². The van der Waals surface area contributed by atoms with Crippen LogP contribution in [-0.2, 0) is 9.53 Å². The summed E-state index contributed by atoms with van der Waals surface area (Å²) >= 11 is 0. The molecule has 0 bridgehead atoms. The molecular weight excluding hydrogens is 192 g/mol. The molecule has 2 aliphatic rings. The van der Waals surface area contributed by atoms with Crippen LogP contribution in [0, 0.1) is 5.41 Å². The smallest absolute Gasteiger partial charge is 0.230 e. The van der Waals surface area contributed by atoms with Gasteiger partial charge in [0.1, 0.15) is 0 Å². The van der Waals surface area contributed by atoms with E-state index in [9.17, 15) is 4.79 Å². The minimum atomic E-state index is -0.212. The minimum Gasteiger partial charge on any atom is -0.372 e. The average molecular weight is 212 g/mol. The van der Waals surface area contributed by atoms with Gasteiger partial charge in [0, 0.05) is 19.6 Å². The van der Waals surface area contributed by atoms with Crippen molar-refractivity contribution in [3.8, 4) is 0 Å². The lowest BCUT2D eigenvalue weighted by Gasteiger charge is -2.37. The van der Waals surface area contributed by atoms with Gasteiger partial charge in [0.05, 0.1) is 17.6 Å². The van der Waals surface area contributed by atoms with Crippen molar-refractivity contribution in [2.75, 3.05) is 19.6 Å². The van der Waals surface area contributed by atoms with Crippen molar-refractivity contribution < 1.29 is 9.53 Å². The van der Waals surface area contributed by atoms with Crippen molar-refractivity contribution in [1.82, 2.24) is 4.90 Å². The summed E-state index contributed by atoms with van der Waals surface area (Å²) in [6.07, 6.45) is 2.21. The second-order valence-corrected chi connectivity index (χ2v) is 4.95. The van der Waals surface area contributed by atoms with E-state index in [1.165, 1.54) is 0 Å². The van der Waals surface area contributed by atoms with Crippen molar-refractivity contribution in [3.05, 3.63) is 0 Å². The fourth-order valence-electron chi connectivity index (χ4n) is 2.34. The van der Waals surface area contributed by atoms with E-state index in [-0.39, 0.29) is 23.5 Å². The number of nitrogens with two attached hydrogens (primary N) is 1. The van der Waals surface area contributed by atoms with Crippen LogP contribution in [0.15, 0.2) is 0 Å². The Morgan fingerprint density at radius 2 is 1.93 bits per heavy atom. The lowest BCUT2D eigenvalue weighted by atomic mass is 10.0. The Morgan fingerprint density at radius 1 is 1.40 bits per heavy atom. The van der Waals surface area contributed by atoms with E-state index in [1.807, 2.05) is 18.7 Å². The number of rotatable bonds is 2. The first-order valence-corrected chi connectivity index (χ1v) is 5.72. The molecular formula is C11H20N2O2. The molecule has 1 amide bonds. The fraction of sp³-hybridized carbons (Fsp3) is 0.909. The lowest BCUT2D eigenvalue weighted by Crippen LogP contribution is -2.51. The molecule has 1 aliphatic carbocycles. The largest absolute Gasteiger partial charge is 0.372 e. The topological polar surface area (TPSA) is 55.6 Å². The Labute approximate surface area is 90.8 Å². The predicted molar refractivity (Wildman–Crippen MR) is 57.3 cm³/mol. The lowest BCUT2D eigenvalue weighted by molar-refractivity contribution is -0.148. The van der Waals surface area contributed by atoms with Crippen LogP contribution in [0.5, 0.6) is 0 Å². The van der Waals surface area contributed by atoms with Gasteiger partial charge in [-0.1, -0.05) is 0 Å². The summed E-state index contributed by atoms with van der Waals surface area (Å²) < 4.78 is 5.61. The molecule has 1 saturated heterocycles. The van der Waals surface area contributed by atoms with Gasteiger partial charge in [-0.15, -0.1) is 0 Å². The normalized spacial score (nSPS) is 33.9. The monoisotopic (exact) mass is 212 g/mol. The molecule has 0 unspecified atom stereocenters. The van der Waals surface area contributed by atoms with Crippen molar-refractivity contribution in [1.29, 1.82) is 0 Å². The number of ether oxygens (including phenoxy) is 1. The second kappa shape index (κ2) is 3.76. The summed E-state index contributed by atoms with van der Waals surface area (Å²) in [5.74, 6) is 0.243. The molecule has 1 saturated carbocycles. The number of carbonyl (C=O) groups is 1. The van der Waals surface area contributed by atoms with E-state index >= 15 is 0 Å². The van der Waals surface area contributed by atoms with Crippen LogP contribution < -0.4 is 5.73 Å². The van der Waals surface area contributed by atoms with Gasteiger partial charge in [-0.05, 0) is 26.7 Å². The number of hydrogen-bond donors (Lipinski definition) is 1. The van der Waals surface area contributed by atoms with Gasteiger partial charge >= 0.3 is 0 Å². The number of hydrogen-bond acceptors (Lipinski definition) is 3. The van der Waals surface area contributed by atoms with E-state index < -0.39 is 0 Å². The maximum atomic E-state index is 12.2. The highest BCUT2D eigenvalue weighted by Crippen LogP contribution is 2.46. The maximum absolute atomic E-state index is 12.2. The molecule has 2 atom stereocenters. The molecule has 1 aliphatic heterocycles. The highest BCUT2D eigenvalue weighted by atomic mass is 16.5. The zero-order valence-electron chi connectivity index (χ0n) is 9.53. The minimum absolute atomic E-state index is 0.145. The second-order valence-electron chi connectivity index (χ2n) is 4.95. The maximum Gasteiger partial charge on any atom is 0.230 e. The number of nitrogens with zero attached hydrogens (tertiary/aromatic N) is 1. The molecule has 0 aromatic rings. The molecule has 0 aromatic heterocycles. The van der Waals surface area contributed by atoms with Gasteiger partial charge in [-0.2, -0.15) is 0 Å². The summed E-state index contributed by atoms with van der Waals surface area (Å²) in [6, 6.07) is 0. The highest BCUT2D eigenvalue weighted by molar-refractivity contribution is 5.85. The fourth-order valence-corrected chi connectivity index (χ4v) is 2.34. The average Bonchev–Trinajstić information content (AvgIpc) is 2.95. The Balaban J connectivity index is 2.01. The first kappa shape index (κ1) is 10.9. The van der Waals surface area contributed by atoms with Crippen molar-refractivity contribution in [2.45, 2.75) is 38.9 Å². The predicted octanol–water partition coefficient (Wildman–Crippen LogP) is 0.361. The van der Waals surface area contributed by atoms with E-state index in [1.54, 1.807) is 0 Å². The van der Waals surface area contributed by atoms with Gasteiger partial charge < -0.3 is 15.4 Å². The molecule has 2 fully saturated rings. The Kier molecular flexibility index (Phi) is 2.73. The summed E-state index contributed by atoms with van der Waals surface area (Å²) in [7, 11) is 0. The third kappa shape index (κ3) is 2.01. The Morgan fingerprint density at radius 3 is 2.33 bits per heavy atom. The van der Waals surface area contributed by atoms with Crippen molar-refractivity contribution in [3.63, 3.8) is 0 Å². The summed E-state index contributed by atoms with van der Waals surface area (Å²) in [5.41, 5.74) is 5.46. The van der Waals surface area contributed by atoms with E-state index in [0.717, 1.165) is 12.8 Å². The third-order valence-corrected chi connectivity index (χ3v) is 3.40. The summed E-state index contributed by atoms with van der Waals surface area (Å²) in [4.78, 5) is 14.1. The van der Waals surface area contributed by atoms with Gasteiger partial charge in [0.25, 0.3) is 0 Å². The molecule has 2 rings (SSSR count). The molecule has 86 valence electrons. The molecule has 0 aromatic carbocycles. The van der Waals surface area contributed by atoms with Crippen LogP contribution in [0.25, 0.3) is 0 Å². The molecule has 1 heterocycles. The van der Waals surface area contributed by atoms with Crippen molar-refractivity contribution in [2.24, 2.45) is 11.1 Å². The Hall–Kier alpha value is -0.610. The number of amides is 1. The summed E-state index contributed by atoms with van der Waals surface area (Å²) in [6.45, 7) is 5.94. The Bertz CT molecular complexity index is 253. The highest BCUT2D eigenvalue weighted by Gasteiger charge is 2.51. The van der Waals surface area contributed by atoms with Crippen LogP contribution >= 0.6 is 0 Å². The molecule has 4 nitrogen and oxygen atoms in total. The van der Waals surface area contributed by atoms with Crippen LogP contribution in [0.3, 0.4) is 0 Å². The first-order chi connectivity index (χ1) is 7.07. The zero-order valence-corrected chi connectivity index (χ0v) is 9.53. The van der Waals surface area contributed by atoms with Crippen LogP contribution in [-0.4, -0.2) is 42.6 Å². The molecule has 0 radical (unpaired) electrons. The third-order valence-electron chi connectivity index (χ3n) is 3.40. The molecule has 2 N–H and O–H groups in total. The summed E-state index contributed by atoms with van der Waals surface area (Å²) in [5, 5.41) is 0. The molecule has 15 heavy (non-hydrogen) atoms. The van der Waals surface area contributed by atoms with E-state index in [4.69, 9.17) is 10.5 Å². The number of carbonyl (C=O) groups excluding carboxylic acids is 1. The van der Waals surface area contributed by atoms with Gasteiger partial charge in [0.2, 0.25) is 5.91 Å². The molecule has 0 spiro atoms. The van der Waals surface area contributed by atoms with Gasteiger partial charge in [0.15, 0.2) is 0 Å². The SMILES string of the molecule is C[C@@H]1CN(C(=O)C2(CN)CC2)C[C@H](C)O1. The number of morpholine rings is 1. The van der Waals surface area contributed by atoms with Gasteiger partial charge in [-0.3, -0.25) is 4.79 Å². The van der Waals surface area contributed by atoms with E-state index in [0.29, 0.717) is 19.6 Å². The van der Waals surface area contributed by atoms with Crippen LogP contribution in [0.2, 0.25) is 0 Å². The quantitative estimate of drug-likeness (QED) is 0.719. The zero-order chi connectivity index (χ0) is 11.1. The van der Waals surface area contributed by atoms with E-state index in [2.05, 4.69) is 0 Å². The van der Waals surface area contributed by atoms with Gasteiger partial charge in [-0.25, -0.2) is 0 Å². The molecule has 4 heteroatoms. The van der Waals surface area contributed by atoms with Crippen molar-refractivity contribution >= 4 is 5.91 Å².